The van der Waals surface area contributed by atoms with Crippen molar-refractivity contribution in [2.24, 2.45) is 0 Å². The number of hydrogen-bond acceptors (Lipinski definition) is 5. The fourth-order valence-electron chi connectivity index (χ4n) is 2.58. The number of non-ortho nitro benzene ring substituents is 1. The number of hydrogen-bond donors (Lipinski definition) is 0. The maximum absolute atomic E-state index is 12.8. The first-order valence-electron chi connectivity index (χ1n) is 8.10. The second kappa shape index (κ2) is 7.85. The third-order valence-electron chi connectivity index (χ3n) is 4.28. The van der Waals surface area contributed by atoms with Gasteiger partial charge in [0, 0.05) is 35.1 Å². The summed E-state index contributed by atoms with van der Waals surface area (Å²) in [4.78, 5) is 29.3. The van der Waals surface area contributed by atoms with E-state index in [0.29, 0.717) is 16.3 Å². The first kappa shape index (κ1) is 19.0. The van der Waals surface area contributed by atoms with E-state index in [4.69, 9.17) is 11.6 Å². The second-order valence-corrected chi connectivity index (χ2v) is 7.28. The summed E-state index contributed by atoms with van der Waals surface area (Å²) in [6, 6.07) is 13.2. The van der Waals surface area contributed by atoms with Crippen LogP contribution >= 0.6 is 22.9 Å². The molecule has 0 fully saturated rings. The molecular weight excluding hydrogens is 386 g/mol. The molecule has 3 aromatic rings. The van der Waals surface area contributed by atoms with Gasteiger partial charge < -0.3 is 4.90 Å². The molecule has 0 N–H and O–H groups in total. The van der Waals surface area contributed by atoms with Crippen molar-refractivity contribution in [2.45, 2.75) is 13.0 Å². The summed E-state index contributed by atoms with van der Waals surface area (Å²) in [5, 5.41) is 14.0. The molecule has 0 aliphatic heterocycles. The Hall–Kier alpha value is -2.77. The van der Waals surface area contributed by atoms with Crippen LogP contribution in [0.1, 0.15) is 29.0 Å². The van der Waals surface area contributed by atoms with Gasteiger partial charge >= 0.3 is 0 Å². The van der Waals surface area contributed by atoms with Crippen LogP contribution in [0.4, 0.5) is 5.69 Å². The Morgan fingerprint density at radius 1 is 1.26 bits per heavy atom. The Balaban J connectivity index is 1.80. The summed E-state index contributed by atoms with van der Waals surface area (Å²) >= 11 is 7.28. The van der Waals surface area contributed by atoms with Gasteiger partial charge in [-0.15, -0.1) is 11.3 Å². The number of carbonyl (C=O) groups is 1. The first-order chi connectivity index (χ1) is 12.9. The van der Waals surface area contributed by atoms with E-state index < -0.39 is 4.92 Å². The third-order valence-corrected chi connectivity index (χ3v) is 5.42. The highest BCUT2D eigenvalue weighted by molar-refractivity contribution is 7.13. The fourth-order valence-corrected chi connectivity index (χ4v) is 3.50. The van der Waals surface area contributed by atoms with Crippen molar-refractivity contribution < 1.29 is 9.72 Å². The van der Waals surface area contributed by atoms with Crippen molar-refractivity contribution in [3.8, 4) is 10.6 Å². The van der Waals surface area contributed by atoms with E-state index in [1.165, 1.54) is 28.4 Å². The van der Waals surface area contributed by atoms with Crippen molar-refractivity contribution >= 4 is 34.5 Å². The third kappa shape index (κ3) is 4.15. The van der Waals surface area contributed by atoms with Crippen molar-refractivity contribution in [3.63, 3.8) is 0 Å². The van der Waals surface area contributed by atoms with Gasteiger partial charge in [-0.1, -0.05) is 35.9 Å². The van der Waals surface area contributed by atoms with E-state index in [0.717, 1.165) is 10.6 Å². The van der Waals surface area contributed by atoms with E-state index in [1.807, 2.05) is 19.1 Å². The maximum Gasteiger partial charge on any atom is 0.273 e. The number of rotatable bonds is 5. The number of carbonyl (C=O) groups excluding carboxylic acids is 1. The molecule has 0 aliphatic rings. The normalized spacial score (nSPS) is 11.8. The molecule has 0 bridgehead atoms. The zero-order valence-corrected chi connectivity index (χ0v) is 16.2. The highest BCUT2D eigenvalue weighted by Gasteiger charge is 2.22. The monoisotopic (exact) mass is 401 g/mol. The number of nitro benzene ring substituents is 1. The Kier molecular flexibility index (Phi) is 5.53. The Bertz CT molecular complexity index is 988. The van der Waals surface area contributed by atoms with E-state index in [1.54, 1.807) is 36.7 Å². The van der Waals surface area contributed by atoms with Crippen LogP contribution in [0.3, 0.4) is 0 Å². The van der Waals surface area contributed by atoms with Crippen LogP contribution in [-0.4, -0.2) is 27.8 Å². The maximum atomic E-state index is 12.8. The predicted molar refractivity (Wildman–Crippen MR) is 106 cm³/mol. The summed E-state index contributed by atoms with van der Waals surface area (Å²) < 4.78 is 0. The van der Waals surface area contributed by atoms with Crippen LogP contribution < -0.4 is 0 Å². The van der Waals surface area contributed by atoms with Gasteiger partial charge in [-0.05, 0) is 24.6 Å². The van der Waals surface area contributed by atoms with Gasteiger partial charge in [0.15, 0.2) is 0 Å². The second-order valence-electron chi connectivity index (χ2n) is 5.99. The van der Waals surface area contributed by atoms with E-state index in [-0.39, 0.29) is 17.6 Å². The van der Waals surface area contributed by atoms with Gasteiger partial charge in [-0.25, -0.2) is 4.98 Å². The molecule has 0 spiro atoms. The predicted octanol–water partition coefficient (Wildman–Crippen LogP) is 5.20. The Morgan fingerprint density at radius 3 is 2.63 bits per heavy atom. The summed E-state index contributed by atoms with van der Waals surface area (Å²) in [5.41, 5.74) is 1.91. The van der Waals surface area contributed by atoms with Crippen LogP contribution in [-0.2, 0) is 0 Å². The minimum atomic E-state index is -0.448. The fraction of sp³-hybridized carbons (Fsp3) is 0.158. The molecule has 6 nitrogen and oxygen atoms in total. The Morgan fingerprint density at radius 2 is 1.96 bits per heavy atom. The number of nitro groups is 1. The van der Waals surface area contributed by atoms with Crippen molar-refractivity contribution in [2.75, 3.05) is 7.05 Å². The lowest BCUT2D eigenvalue weighted by Gasteiger charge is -2.24. The van der Waals surface area contributed by atoms with Crippen molar-refractivity contribution in [3.05, 3.63) is 80.3 Å². The summed E-state index contributed by atoms with van der Waals surface area (Å²) in [5.74, 6) is -0.245. The van der Waals surface area contributed by atoms with Crippen molar-refractivity contribution in [1.82, 2.24) is 9.88 Å². The number of aromatic nitrogens is 1. The van der Waals surface area contributed by atoms with Crippen LogP contribution in [0.15, 0.2) is 53.9 Å². The summed E-state index contributed by atoms with van der Waals surface area (Å²) in [6.07, 6.45) is 0. The minimum absolute atomic E-state index is 0.00104. The highest BCUT2D eigenvalue weighted by Crippen LogP contribution is 2.28. The van der Waals surface area contributed by atoms with E-state index in [2.05, 4.69) is 4.98 Å². The number of benzene rings is 2. The quantitative estimate of drug-likeness (QED) is 0.434. The lowest BCUT2D eigenvalue weighted by molar-refractivity contribution is -0.384. The van der Waals surface area contributed by atoms with Gasteiger partial charge in [0.1, 0.15) is 10.7 Å². The molecule has 1 amide bonds. The topological polar surface area (TPSA) is 76.3 Å². The van der Waals surface area contributed by atoms with Crippen molar-refractivity contribution in [1.29, 1.82) is 0 Å². The molecule has 27 heavy (non-hydrogen) atoms. The van der Waals surface area contributed by atoms with E-state index in [9.17, 15) is 14.9 Å². The van der Waals surface area contributed by atoms with Gasteiger partial charge in [0.05, 0.1) is 11.0 Å². The van der Waals surface area contributed by atoms with Crippen LogP contribution in [0, 0.1) is 10.1 Å². The molecule has 1 aromatic heterocycles. The molecule has 0 unspecified atom stereocenters. The largest absolute Gasteiger partial charge is 0.334 e. The zero-order chi connectivity index (χ0) is 19.6. The molecule has 3 rings (SSSR count). The lowest BCUT2D eigenvalue weighted by Crippen LogP contribution is -2.29. The van der Waals surface area contributed by atoms with Gasteiger partial charge in [-0.2, -0.15) is 0 Å². The molecule has 8 heteroatoms. The Labute approximate surface area is 165 Å². The number of thiazole rings is 1. The van der Waals surface area contributed by atoms with Crippen LogP contribution in [0.25, 0.3) is 10.6 Å². The van der Waals surface area contributed by atoms with Gasteiger partial charge in [-0.3, -0.25) is 14.9 Å². The molecule has 2 aromatic carbocycles. The zero-order valence-electron chi connectivity index (χ0n) is 14.6. The molecule has 1 atom stereocenters. The SMILES string of the molecule is C[C@@H](c1cccc([N+](=O)[O-])c1)N(C)C(=O)c1csc(-c2ccc(Cl)cc2)n1. The molecule has 0 saturated heterocycles. The number of halogens is 1. The molecule has 0 saturated carbocycles. The molecule has 1 heterocycles. The summed E-state index contributed by atoms with van der Waals surface area (Å²) in [7, 11) is 1.66. The number of amides is 1. The first-order valence-corrected chi connectivity index (χ1v) is 9.35. The lowest BCUT2D eigenvalue weighted by atomic mass is 10.1. The average Bonchev–Trinajstić information content (AvgIpc) is 3.17. The highest BCUT2D eigenvalue weighted by atomic mass is 35.5. The number of nitrogens with zero attached hydrogens (tertiary/aromatic N) is 3. The summed E-state index contributed by atoms with van der Waals surface area (Å²) in [6.45, 7) is 1.82. The molecule has 0 aliphatic carbocycles. The van der Waals surface area contributed by atoms with Gasteiger partial charge in [0.25, 0.3) is 11.6 Å². The standard InChI is InChI=1S/C19H16ClN3O3S/c1-12(14-4-3-5-16(10-14)23(25)26)22(2)19(24)17-11-27-18(21-17)13-6-8-15(20)9-7-13/h3-12H,1-2H3/t12-/m0/s1. The molecular formula is C19H16ClN3O3S. The molecule has 0 radical (unpaired) electrons. The van der Waals surface area contributed by atoms with E-state index >= 15 is 0 Å². The van der Waals surface area contributed by atoms with Gasteiger partial charge in [0.2, 0.25) is 0 Å². The average molecular weight is 402 g/mol. The minimum Gasteiger partial charge on any atom is -0.334 e. The van der Waals surface area contributed by atoms with Crippen LogP contribution in [0.2, 0.25) is 5.02 Å². The van der Waals surface area contributed by atoms with Crippen LogP contribution in [0.5, 0.6) is 0 Å². The smallest absolute Gasteiger partial charge is 0.273 e. The molecule has 138 valence electrons.